The van der Waals surface area contributed by atoms with Gasteiger partial charge >= 0.3 is 20.1 Å². The smallest absolute Gasteiger partial charge is 0.304 e. The van der Waals surface area contributed by atoms with Crippen LogP contribution in [-0.2, 0) is 20.1 Å². The molecule has 0 aliphatic rings. The quantitative estimate of drug-likeness (QED) is 0.128. The summed E-state index contributed by atoms with van der Waals surface area (Å²) in [6.07, 6.45) is 4.00. The summed E-state index contributed by atoms with van der Waals surface area (Å²) in [7, 11) is 0. The molecular weight excluding hydrogens is 991 g/mol. The second-order valence-corrected chi connectivity index (χ2v) is 16.1. The van der Waals surface area contributed by atoms with Gasteiger partial charge in [-0.3, -0.25) is 4.98 Å². The first-order valence-corrected chi connectivity index (χ1v) is 22.1. The molecule has 11 rings (SSSR count). The van der Waals surface area contributed by atoms with E-state index < -0.39 is 0 Å². The zero-order valence-electron chi connectivity index (χ0n) is 36.3. The Hall–Kier alpha value is -8.14. The third-order valence-electron chi connectivity index (χ3n) is 12.0. The Balaban J connectivity index is 0.00000525. The Labute approximate surface area is 405 Å². The Morgan fingerprint density at radius 1 is 0.269 bits per heavy atom. The van der Waals surface area contributed by atoms with Crippen LogP contribution in [0.1, 0.15) is 0 Å². The molecule has 0 unspecified atom stereocenters. The molecule has 0 aliphatic carbocycles. The van der Waals surface area contributed by atoms with Crippen molar-refractivity contribution in [1.82, 2.24) is 15.0 Å². The maximum absolute atomic E-state index is 5.51. The van der Waals surface area contributed by atoms with E-state index in [4.69, 9.17) is 15.0 Å². The molecule has 0 spiro atoms. The van der Waals surface area contributed by atoms with E-state index in [1.807, 2.05) is 73.1 Å². The van der Waals surface area contributed by atoms with E-state index in [1.165, 1.54) is 0 Å². The van der Waals surface area contributed by atoms with Gasteiger partial charge in [-0.25, -0.2) is 0 Å². The van der Waals surface area contributed by atoms with E-state index in [2.05, 4.69) is 188 Å². The van der Waals surface area contributed by atoms with E-state index >= 15 is 0 Å². The van der Waals surface area contributed by atoms with Crippen molar-refractivity contribution >= 4 is 0 Å². The monoisotopic (exact) mass is 1030 g/mol. The fraction of sp³-hybridized carbons (Fsp3) is 0. The summed E-state index contributed by atoms with van der Waals surface area (Å²) in [5.74, 6) is 0. The molecule has 4 heteroatoms. The average Bonchev–Trinajstić information content (AvgIpc) is 3.41. The normalized spacial score (nSPS) is 10.9. The SMILES string of the molecule is [Ir+3].[c-]1ccccc1-c1ccc(-c2ccccc2-c2cc(-c3ccccc3-c3cnc(-c4[c-]cccc4)cc3-c3ccccc3)ccc2-c2nc(-c3[c-]cccc3)ccc2-c2ccccc2)cn1. The van der Waals surface area contributed by atoms with Gasteiger partial charge in [-0.2, -0.15) is 0 Å². The van der Waals surface area contributed by atoms with Gasteiger partial charge in [0.05, 0.1) is 5.69 Å². The maximum atomic E-state index is 5.51. The number of rotatable bonds is 10. The van der Waals surface area contributed by atoms with Crippen LogP contribution in [0.15, 0.2) is 243 Å². The Kier molecular flexibility index (Phi) is 12.5. The molecule has 3 heterocycles. The third kappa shape index (κ3) is 8.85. The van der Waals surface area contributed by atoms with Crippen LogP contribution in [0.4, 0.5) is 0 Å². The van der Waals surface area contributed by atoms with Crippen LogP contribution < -0.4 is 0 Å². The van der Waals surface area contributed by atoms with Crippen molar-refractivity contribution in [3.05, 3.63) is 261 Å². The zero-order chi connectivity index (χ0) is 44.1. The number of benzene rings is 8. The molecule has 67 heavy (non-hydrogen) atoms. The first kappa shape index (κ1) is 42.8. The molecule has 0 N–H and O–H groups in total. The van der Waals surface area contributed by atoms with Crippen LogP contribution in [0.2, 0.25) is 0 Å². The molecular formula is C63H40IrN3. The molecule has 0 saturated carbocycles. The van der Waals surface area contributed by atoms with E-state index in [0.717, 1.165) is 112 Å². The maximum Gasteiger partial charge on any atom is 3.00 e. The molecule has 0 aliphatic heterocycles. The van der Waals surface area contributed by atoms with E-state index in [9.17, 15) is 0 Å². The van der Waals surface area contributed by atoms with Gasteiger partial charge in [0.1, 0.15) is 0 Å². The second-order valence-electron chi connectivity index (χ2n) is 16.1. The second kappa shape index (κ2) is 19.5. The van der Waals surface area contributed by atoms with Crippen molar-refractivity contribution in [2.45, 2.75) is 0 Å². The fourth-order valence-electron chi connectivity index (χ4n) is 8.79. The zero-order valence-corrected chi connectivity index (χ0v) is 38.7. The summed E-state index contributed by atoms with van der Waals surface area (Å²) < 4.78 is 0. The van der Waals surface area contributed by atoms with Gasteiger partial charge in [0.15, 0.2) is 0 Å². The molecule has 0 radical (unpaired) electrons. The topological polar surface area (TPSA) is 38.7 Å². The van der Waals surface area contributed by atoms with Gasteiger partial charge in [-0.15, -0.1) is 108 Å². The van der Waals surface area contributed by atoms with Crippen LogP contribution in [0.3, 0.4) is 0 Å². The van der Waals surface area contributed by atoms with Crippen molar-refractivity contribution in [3.63, 3.8) is 0 Å². The first-order valence-electron chi connectivity index (χ1n) is 22.1. The Morgan fingerprint density at radius 2 is 0.746 bits per heavy atom. The van der Waals surface area contributed by atoms with Crippen LogP contribution in [0, 0.1) is 18.2 Å². The average molecular weight is 1030 g/mol. The van der Waals surface area contributed by atoms with Gasteiger partial charge in [0, 0.05) is 29.1 Å². The molecule has 0 amide bonds. The molecule has 3 aromatic heterocycles. The summed E-state index contributed by atoms with van der Waals surface area (Å²) >= 11 is 0. The third-order valence-corrected chi connectivity index (χ3v) is 12.0. The number of hydrogen-bond donors (Lipinski definition) is 0. The van der Waals surface area contributed by atoms with Crippen LogP contribution in [-0.4, -0.2) is 15.0 Å². The van der Waals surface area contributed by atoms with Gasteiger partial charge < -0.3 is 9.97 Å². The molecule has 8 aromatic carbocycles. The van der Waals surface area contributed by atoms with Gasteiger partial charge in [0.2, 0.25) is 0 Å². The standard InChI is InChI=1S/C63H40N3.Ir/c1-6-20-44(21-7-1)53-37-39-61(47-26-12-4-13-27-47)66-63(53)56-36-34-49(40-58(56)54-32-18-17-31-52(54)50-35-38-60(64-42-50)46-24-10-3-11-25-46)51-30-16-19-33-55(51)59-43-65-62(48-28-14-5-15-29-48)41-57(59)45-22-8-2-9-23-45;/h1-24,26,28,30-43H;/q-3;+3. The van der Waals surface area contributed by atoms with E-state index in [-0.39, 0.29) is 20.1 Å². The molecule has 11 aromatic rings. The van der Waals surface area contributed by atoms with Crippen molar-refractivity contribution in [2.24, 2.45) is 0 Å². The number of pyridine rings is 3. The minimum atomic E-state index is 0. The first-order chi connectivity index (χ1) is 32.7. The predicted octanol–water partition coefficient (Wildman–Crippen LogP) is 15.9. The van der Waals surface area contributed by atoms with Crippen LogP contribution >= 0.6 is 0 Å². The molecule has 0 atom stereocenters. The summed E-state index contributed by atoms with van der Waals surface area (Å²) in [5.41, 5.74) is 20.2. The van der Waals surface area contributed by atoms with Crippen LogP contribution in [0.25, 0.3) is 112 Å². The predicted molar refractivity (Wildman–Crippen MR) is 271 cm³/mol. The summed E-state index contributed by atoms with van der Waals surface area (Å²) in [6, 6.07) is 90.1. The van der Waals surface area contributed by atoms with Crippen molar-refractivity contribution in [3.8, 4) is 112 Å². The summed E-state index contributed by atoms with van der Waals surface area (Å²) in [6.45, 7) is 0. The van der Waals surface area contributed by atoms with Gasteiger partial charge in [-0.1, -0.05) is 152 Å². The van der Waals surface area contributed by atoms with E-state index in [0.29, 0.717) is 0 Å². The van der Waals surface area contributed by atoms with Gasteiger partial charge in [-0.05, 0) is 78.8 Å². The van der Waals surface area contributed by atoms with Gasteiger partial charge in [0.25, 0.3) is 0 Å². The van der Waals surface area contributed by atoms with E-state index in [1.54, 1.807) is 0 Å². The molecule has 316 valence electrons. The molecule has 0 saturated heterocycles. The van der Waals surface area contributed by atoms with Crippen molar-refractivity contribution < 1.29 is 20.1 Å². The Morgan fingerprint density at radius 3 is 1.34 bits per heavy atom. The minimum absolute atomic E-state index is 0. The van der Waals surface area contributed by atoms with Crippen molar-refractivity contribution in [2.75, 3.05) is 0 Å². The number of hydrogen-bond acceptors (Lipinski definition) is 3. The van der Waals surface area contributed by atoms with Crippen molar-refractivity contribution in [1.29, 1.82) is 0 Å². The molecule has 0 fully saturated rings. The number of nitrogens with zero attached hydrogens (tertiary/aromatic N) is 3. The minimum Gasteiger partial charge on any atom is -0.304 e. The summed E-state index contributed by atoms with van der Waals surface area (Å²) in [5, 5.41) is 0. The molecule has 3 nitrogen and oxygen atoms in total. The summed E-state index contributed by atoms with van der Waals surface area (Å²) in [4.78, 5) is 15.5. The Bertz CT molecular complexity index is 3430. The largest absolute Gasteiger partial charge is 3.00 e. The van der Waals surface area contributed by atoms with Crippen LogP contribution in [0.5, 0.6) is 0 Å². The fourth-order valence-corrected chi connectivity index (χ4v) is 8.79. The number of aromatic nitrogens is 3. The molecule has 0 bridgehead atoms.